The summed E-state index contributed by atoms with van der Waals surface area (Å²) in [5, 5.41) is 3.09. The molecule has 0 atom stereocenters. The first-order chi connectivity index (χ1) is 8.76. The Hall–Kier alpha value is -1.55. The van der Waals surface area contributed by atoms with Gasteiger partial charge >= 0.3 is 0 Å². The van der Waals surface area contributed by atoms with Gasteiger partial charge in [0.15, 0.2) is 5.96 Å². The number of nitrogens with zero attached hydrogens (tertiary/aromatic N) is 1. The van der Waals surface area contributed by atoms with Crippen LogP contribution in [-0.4, -0.2) is 25.7 Å². The molecule has 1 rings (SSSR count). The van der Waals surface area contributed by atoms with Gasteiger partial charge in [0.25, 0.3) is 0 Å². The SMILES string of the molecule is CCOCCCN=C(N)Nc1cccc(CC)c1. The van der Waals surface area contributed by atoms with E-state index >= 15 is 0 Å². The van der Waals surface area contributed by atoms with Crippen molar-refractivity contribution in [1.29, 1.82) is 0 Å². The average molecular weight is 249 g/mol. The lowest BCUT2D eigenvalue weighted by Gasteiger charge is -2.07. The van der Waals surface area contributed by atoms with Gasteiger partial charge in [-0.1, -0.05) is 19.1 Å². The van der Waals surface area contributed by atoms with E-state index in [0.29, 0.717) is 12.5 Å². The Balaban J connectivity index is 2.38. The highest BCUT2D eigenvalue weighted by Gasteiger charge is 1.96. The molecule has 0 unspecified atom stereocenters. The molecule has 1 aromatic rings. The molecule has 0 spiro atoms. The van der Waals surface area contributed by atoms with E-state index in [1.165, 1.54) is 5.56 Å². The van der Waals surface area contributed by atoms with E-state index in [-0.39, 0.29) is 0 Å². The van der Waals surface area contributed by atoms with Gasteiger partial charge in [-0.2, -0.15) is 0 Å². The Bertz CT molecular complexity index is 377. The van der Waals surface area contributed by atoms with Crippen molar-refractivity contribution < 1.29 is 4.74 Å². The largest absolute Gasteiger partial charge is 0.382 e. The summed E-state index contributed by atoms with van der Waals surface area (Å²) in [6.07, 6.45) is 1.91. The van der Waals surface area contributed by atoms with E-state index in [0.717, 1.165) is 31.7 Å². The first-order valence-corrected chi connectivity index (χ1v) is 6.49. The third-order valence-corrected chi connectivity index (χ3v) is 2.54. The Labute approximate surface area is 109 Å². The quantitative estimate of drug-likeness (QED) is 0.443. The van der Waals surface area contributed by atoms with Crippen molar-refractivity contribution in [3.63, 3.8) is 0 Å². The second kappa shape index (κ2) is 8.53. The van der Waals surface area contributed by atoms with E-state index < -0.39 is 0 Å². The molecule has 0 aliphatic heterocycles. The highest BCUT2D eigenvalue weighted by Crippen LogP contribution is 2.10. The molecule has 4 nitrogen and oxygen atoms in total. The maximum atomic E-state index is 5.81. The number of guanidine groups is 1. The molecule has 0 bridgehead atoms. The molecule has 0 aliphatic carbocycles. The number of nitrogens with two attached hydrogens (primary N) is 1. The fourth-order valence-corrected chi connectivity index (χ4v) is 1.57. The lowest BCUT2D eigenvalue weighted by molar-refractivity contribution is 0.146. The van der Waals surface area contributed by atoms with E-state index in [1.807, 2.05) is 19.1 Å². The van der Waals surface area contributed by atoms with Gasteiger partial charge in [0, 0.05) is 25.4 Å². The van der Waals surface area contributed by atoms with Crippen LogP contribution in [0.4, 0.5) is 5.69 Å². The standard InChI is InChI=1S/C14H23N3O/c1-3-12-7-5-8-13(11-12)17-14(15)16-9-6-10-18-4-2/h5,7-8,11H,3-4,6,9-10H2,1-2H3,(H3,15,16,17). The molecule has 0 aromatic heterocycles. The van der Waals surface area contributed by atoms with Crippen LogP contribution in [0.5, 0.6) is 0 Å². The topological polar surface area (TPSA) is 59.6 Å². The fraction of sp³-hybridized carbons (Fsp3) is 0.500. The summed E-state index contributed by atoms with van der Waals surface area (Å²) in [6.45, 7) is 6.29. The Kier molecular flexibility index (Phi) is 6.87. The molecule has 0 radical (unpaired) electrons. The summed E-state index contributed by atoms with van der Waals surface area (Å²) >= 11 is 0. The van der Waals surface area contributed by atoms with Gasteiger partial charge in [-0.25, -0.2) is 0 Å². The molecule has 0 heterocycles. The minimum absolute atomic E-state index is 0.458. The summed E-state index contributed by atoms with van der Waals surface area (Å²) in [5.41, 5.74) is 8.08. The summed E-state index contributed by atoms with van der Waals surface area (Å²) in [6, 6.07) is 8.19. The minimum Gasteiger partial charge on any atom is -0.382 e. The van der Waals surface area contributed by atoms with Crippen LogP contribution in [-0.2, 0) is 11.2 Å². The molecule has 3 N–H and O–H groups in total. The predicted octanol–water partition coefficient (Wildman–Crippen LogP) is 2.40. The molecule has 0 saturated heterocycles. The second-order valence-electron chi connectivity index (χ2n) is 4.00. The first kappa shape index (κ1) is 14.5. The summed E-state index contributed by atoms with van der Waals surface area (Å²) in [4.78, 5) is 4.25. The van der Waals surface area contributed by atoms with Crippen molar-refractivity contribution in [2.45, 2.75) is 26.7 Å². The van der Waals surface area contributed by atoms with Gasteiger partial charge in [-0.05, 0) is 37.5 Å². The highest BCUT2D eigenvalue weighted by molar-refractivity contribution is 5.92. The summed E-state index contributed by atoms with van der Waals surface area (Å²) in [7, 11) is 0. The van der Waals surface area contributed by atoms with Crippen LogP contribution in [0.3, 0.4) is 0 Å². The zero-order valence-corrected chi connectivity index (χ0v) is 11.3. The fourth-order valence-electron chi connectivity index (χ4n) is 1.57. The molecule has 18 heavy (non-hydrogen) atoms. The molecular formula is C14H23N3O. The average Bonchev–Trinajstić information content (AvgIpc) is 2.38. The Morgan fingerprint density at radius 2 is 2.22 bits per heavy atom. The first-order valence-electron chi connectivity index (χ1n) is 6.49. The molecule has 1 aromatic carbocycles. The third kappa shape index (κ3) is 5.68. The number of benzene rings is 1. The molecule has 0 aliphatic rings. The van der Waals surface area contributed by atoms with Crippen molar-refractivity contribution in [3.8, 4) is 0 Å². The zero-order chi connectivity index (χ0) is 13.2. The van der Waals surface area contributed by atoms with E-state index in [2.05, 4.69) is 29.4 Å². The molecule has 0 fully saturated rings. The molecular weight excluding hydrogens is 226 g/mol. The maximum Gasteiger partial charge on any atom is 0.193 e. The van der Waals surface area contributed by atoms with Crippen molar-refractivity contribution >= 4 is 11.6 Å². The monoisotopic (exact) mass is 249 g/mol. The second-order valence-corrected chi connectivity index (χ2v) is 4.00. The summed E-state index contributed by atoms with van der Waals surface area (Å²) < 4.78 is 5.23. The lowest BCUT2D eigenvalue weighted by Crippen LogP contribution is -2.23. The molecule has 0 saturated carbocycles. The van der Waals surface area contributed by atoms with Crippen LogP contribution in [0.25, 0.3) is 0 Å². The van der Waals surface area contributed by atoms with E-state index in [4.69, 9.17) is 10.5 Å². The van der Waals surface area contributed by atoms with Gasteiger partial charge in [0.2, 0.25) is 0 Å². The molecule has 4 heteroatoms. The van der Waals surface area contributed by atoms with Crippen LogP contribution < -0.4 is 11.1 Å². The number of rotatable bonds is 7. The van der Waals surface area contributed by atoms with Crippen LogP contribution >= 0.6 is 0 Å². The molecule has 0 amide bonds. The van der Waals surface area contributed by atoms with Crippen LogP contribution in [0, 0.1) is 0 Å². The van der Waals surface area contributed by atoms with Crippen molar-refractivity contribution in [1.82, 2.24) is 0 Å². The van der Waals surface area contributed by atoms with Crippen LogP contribution in [0.15, 0.2) is 29.3 Å². The number of hydrogen-bond donors (Lipinski definition) is 2. The van der Waals surface area contributed by atoms with E-state index in [9.17, 15) is 0 Å². The van der Waals surface area contributed by atoms with Gasteiger partial charge < -0.3 is 15.8 Å². The van der Waals surface area contributed by atoms with Crippen LogP contribution in [0.2, 0.25) is 0 Å². The van der Waals surface area contributed by atoms with Gasteiger partial charge in [0.05, 0.1) is 0 Å². The van der Waals surface area contributed by atoms with E-state index in [1.54, 1.807) is 0 Å². The number of hydrogen-bond acceptors (Lipinski definition) is 2. The Morgan fingerprint density at radius 3 is 2.94 bits per heavy atom. The third-order valence-electron chi connectivity index (χ3n) is 2.54. The van der Waals surface area contributed by atoms with Gasteiger partial charge in [-0.3, -0.25) is 4.99 Å². The number of aliphatic imine (C=N–C) groups is 1. The zero-order valence-electron chi connectivity index (χ0n) is 11.3. The molecule has 100 valence electrons. The normalized spacial score (nSPS) is 11.6. The predicted molar refractivity (Wildman–Crippen MR) is 77.0 cm³/mol. The highest BCUT2D eigenvalue weighted by atomic mass is 16.5. The smallest absolute Gasteiger partial charge is 0.193 e. The van der Waals surface area contributed by atoms with Crippen molar-refractivity contribution in [3.05, 3.63) is 29.8 Å². The van der Waals surface area contributed by atoms with Crippen LogP contribution in [0.1, 0.15) is 25.8 Å². The lowest BCUT2D eigenvalue weighted by atomic mass is 10.1. The van der Waals surface area contributed by atoms with Crippen molar-refractivity contribution in [2.75, 3.05) is 25.1 Å². The number of anilines is 1. The minimum atomic E-state index is 0.458. The van der Waals surface area contributed by atoms with Gasteiger partial charge in [-0.15, -0.1) is 0 Å². The number of ether oxygens (including phenoxy) is 1. The van der Waals surface area contributed by atoms with Crippen molar-refractivity contribution in [2.24, 2.45) is 10.7 Å². The number of nitrogens with one attached hydrogen (secondary N) is 1. The van der Waals surface area contributed by atoms with Gasteiger partial charge in [0.1, 0.15) is 0 Å². The number of aryl methyl sites for hydroxylation is 1. The summed E-state index contributed by atoms with van der Waals surface area (Å²) in [5.74, 6) is 0.458. The Morgan fingerprint density at radius 1 is 1.39 bits per heavy atom. The maximum absolute atomic E-state index is 5.81.